The highest BCUT2D eigenvalue weighted by molar-refractivity contribution is 7.99. The van der Waals surface area contributed by atoms with Gasteiger partial charge in [-0.3, -0.25) is 14.9 Å². The molecule has 1 amide bonds. The number of amides is 1. The van der Waals surface area contributed by atoms with Crippen LogP contribution >= 0.6 is 11.8 Å². The number of carbonyl (C=O) groups excluding carboxylic acids is 1. The number of benzene rings is 2. The third kappa shape index (κ3) is 5.55. The third-order valence-electron chi connectivity index (χ3n) is 4.61. The number of aromatic nitrogens is 3. The molecular formula is C21H23N5O5S. The van der Waals surface area contributed by atoms with E-state index in [0.717, 1.165) is 0 Å². The molecule has 2 aromatic carbocycles. The quantitative estimate of drug-likeness (QED) is 0.292. The monoisotopic (exact) mass is 457 g/mol. The summed E-state index contributed by atoms with van der Waals surface area (Å²) in [5, 5.41) is 22.5. The van der Waals surface area contributed by atoms with Gasteiger partial charge < -0.3 is 19.4 Å². The van der Waals surface area contributed by atoms with E-state index in [4.69, 9.17) is 9.47 Å². The van der Waals surface area contributed by atoms with Gasteiger partial charge in [-0.2, -0.15) is 0 Å². The van der Waals surface area contributed by atoms with Gasteiger partial charge in [-0.05, 0) is 37.6 Å². The second-order valence-electron chi connectivity index (χ2n) is 6.93. The minimum Gasteiger partial charge on any atom is -0.497 e. The van der Waals surface area contributed by atoms with Crippen molar-refractivity contribution in [1.82, 2.24) is 14.8 Å². The molecule has 1 N–H and O–H groups in total. The van der Waals surface area contributed by atoms with Crippen LogP contribution < -0.4 is 14.8 Å². The predicted molar refractivity (Wildman–Crippen MR) is 120 cm³/mol. The lowest BCUT2D eigenvalue weighted by atomic mass is 10.2. The van der Waals surface area contributed by atoms with Gasteiger partial charge in [-0.25, -0.2) is 0 Å². The van der Waals surface area contributed by atoms with Crippen molar-refractivity contribution in [2.75, 3.05) is 18.2 Å². The van der Waals surface area contributed by atoms with Crippen LogP contribution in [0.3, 0.4) is 0 Å². The third-order valence-corrected chi connectivity index (χ3v) is 5.63. The molecule has 0 aliphatic carbocycles. The number of non-ortho nitro benzene ring substituents is 1. The number of carbonyl (C=O) groups is 1. The maximum absolute atomic E-state index is 12.4. The van der Waals surface area contributed by atoms with E-state index in [0.29, 0.717) is 33.7 Å². The molecule has 0 radical (unpaired) electrons. The molecule has 32 heavy (non-hydrogen) atoms. The molecule has 0 fully saturated rings. The van der Waals surface area contributed by atoms with Crippen LogP contribution in [0.2, 0.25) is 0 Å². The van der Waals surface area contributed by atoms with Crippen molar-refractivity contribution in [2.45, 2.75) is 25.1 Å². The summed E-state index contributed by atoms with van der Waals surface area (Å²) in [6.07, 6.45) is -0.370. The molecule has 3 aromatic rings. The topological polar surface area (TPSA) is 121 Å². The van der Waals surface area contributed by atoms with Crippen molar-refractivity contribution in [3.8, 4) is 11.5 Å². The number of hydrogen-bond acceptors (Lipinski definition) is 8. The lowest BCUT2D eigenvalue weighted by molar-refractivity contribution is -0.384. The van der Waals surface area contributed by atoms with Gasteiger partial charge in [-0.15, -0.1) is 10.2 Å². The normalized spacial score (nSPS) is 11.6. The highest BCUT2D eigenvalue weighted by Gasteiger charge is 2.18. The van der Waals surface area contributed by atoms with Gasteiger partial charge in [0.05, 0.1) is 17.8 Å². The van der Waals surface area contributed by atoms with E-state index in [2.05, 4.69) is 15.5 Å². The van der Waals surface area contributed by atoms with Gasteiger partial charge in [0, 0.05) is 30.9 Å². The van der Waals surface area contributed by atoms with Gasteiger partial charge in [0.25, 0.3) is 5.69 Å². The summed E-state index contributed by atoms with van der Waals surface area (Å²) in [5.74, 6) is 1.80. The summed E-state index contributed by atoms with van der Waals surface area (Å²) in [5.41, 5.74) is 1.12. The first-order chi connectivity index (χ1) is 15.3. The number of methoxy groups -OCH3 is 1. The Labute approximate surface area is 189 Å². The SMILES string of the molecule is COc1cccc(OC(C)c2nnc(SCC(=O)Nc3ccc([N+](=O)[O-])cc3C)n2C)c1. The van der Waals surface area contributed by atoms with Crippen LogP contribution in [0, 0.1) is 17.0 Å². The lowest BCUT2D eigenvalue weighted by Crippen LogP contribution is -2.15. The minimum absolute atomic E-state index is 0.0215. The molecule has 10 nitrogen and oxygen atoms in total. The smallest absolute Gasteiger partial charge is 0.269 e. The Hall–Kier alpha value is -3.60. The molecule has 0 saturated heterocycles. The van der Waals surface area contributed by atoms with Crippen LogP contribution in [0.5, 0.6) is 11.5 Å². The lowest BCUT2D eigenvalue weighted by Gasteiger charge is -2.14. The fraction of sp³-hybridized carbons (Fsp3) is 0.286. The molecule has 11 heteroatoms. The van der Waals surface area contributed by atoms with E-state index in [1.807, 2.05) is 32.2 Å². The number of rotatable bonds is 9. The second kappa shape index (κ2) is 10.1. The first-order valence-electron chi connectivity index (χ1n) is 9.66. The van der Waals surface area contributed by atoms with Crippen molar-refractivity contribution < 1.29 is 19.2 Å². The number of nitrogens with one attached hydrogen (secondary N) is 1. The fourth-order valence-corrected chi connectivity index (χ4v) is 3.67. The van der Waals surface area contributed by atoms with Crippen LogP contribution in [0.1, 0.15) is 24.4 Å². The summed E-state index contributed by atoms with van der Waals surface area (Å²) < 4.78 is 12.9. The highest BCUT2D eigenvalue weighted by atomic mass is 32.2. The fourth-order valence-electron chi connectivity index (χ4n) is 2.96. The second-order valence-corrected chi connectivity index (χ2v) is 7.87. The average molecular weight is 458 g/mol. The van der Waals surface area contributed by atoms with Crippen LogP contribution in [0.15, 0.2) is 47.6 Å². The van der Waals surface area contributed by atoms with Crippen LogP contribution in [0.25, 0.3) is 0 Å². The Morgan fingerprint density at radius 2 is 2.00 bits per heavy atom. The van der Waals surface area contributed by atoms with E-state index in [1.165, 1.54) is 30.0 Å². The number of hydrogen-bond donors (Lipinski definition) is 1. The van der Waals surface area contributed by atoms with Gasteiger partial charge in [0.1, 0.15) is 11.5 Å². The van der Waals surface area contributed by atoms with E-state index < -0.39 is 4.92 Å². The van der Waals surface area contributed by atoms with Crippen molar-refractivity contribution in [3.05, 3.63) is 64.0 Å². The van der Waals surface area contributed by atoms with Gasteiger partial charge in [0.2, 0.25) is 5.91 Å². The number of thioether (sulfide) groups is 1. The van der Waals surface area contributed by atoms with Gasteiger partial charge in [-0.1, -0.05) is 17.8 Å². The number of ether oxygens (including phenoxy) is 2. The Morgan fingerprint density at radius 3 is 2.69 bits per heavy atom. The van der Waals surface area contributed by atoms with Crippen molar-refractivity contribution >= 4 is 29.0 Å². The molecule has 0 aliphatic rings. The molecule has 0 saturated carbocycles. The molecule has 0 bridgehead atoms. The van der Waals surface area contributed by atoms with Crippen LogP contribution in [-0.2, 0) is 11.8 Å². The zero-order chi connectivity index (χ0) is 23.3. The van der Waals surface area contributed by atoms with E-state index in [9.17, 15) is 14.9 Å². The molecule has 0 spiro atoms. The molecule has 3 rings (SSSR count). The summed E-state index contributed by atoms with van der Waals surface area (Å²) >= 11 is 1.23. The summed E-state index contributed by atoms with van der Waals surface area (Å²) in [6, 6.07) is 11.6. The van der Waals surface area contributed by atoms with Crippen molar-refractivity contribution in [1.29, 1.82) is 0 Å². The zero-order valence-corrected chi connectivity index (χ0v) is 18.9. The Morgan fingerprint density at radius 1 is 1.25 bits per heavy atom. The molecule has 1 atom stereocenters. The molecule has 1 unspecified atom stereocenters. The number of nitrogens with zero attached hydrogens (tertiary/aromatic N) is 4. The Balaban J connectivity index is 1.59. The largest absolute Gasteiger partial charge is 0.497 e. The number of nitro benzene ring substituents is 1. The molecular weight excluding hydrogens is 434 g/mol. The Kier molecular flexibility index (Phi) is 7.31. The predicted octanol–water partition coefficient (Wildman–Crippen LogP) is 3.91. The van der Waals surface area contributed by atoms with Gasteiger partial charge >= 0.3 is 0 Å². The first kappa shape index (κ1) is 23.1. The minimum atomic E-state index is -0.473. The standard InChI is InChI=1S/C21H23N5O5S/c1-13-10-15(26(28)29)8-9-18(13)22-19(27)12-32-21-24-23-20(25(21)3)14(2)31-17-7-5-6-16(11-17)30-4/h5-11,14H,12H2,1-4H3,(H,22,27). The number of aryl methyl sites for hydroxylation is 1. The summed E-state index contributed by atoms with van der Waals surface area (Å²) in [7, 11) is 3.40. The van der Waals surface area contributed by atoms with Crippen LogP contribution in [0.4, 0.5) is 11.4 Å². The number of nitro groups is 1. The molecule has 1 aromatic heterocycles. The maximum atomic E-state index is 12.4. The number of anilines is 1. The Bertz CT molecular complexity index is 1130. The highest BCUT2D eigenvalue weighted by Crippen LogP contribution is 2.26. The van der Waals surface area contributed by atoms with Crippen molar-refractivity contribution in [2.24, 2.45) is 7.05 Å². The van der Waals surface area contributed by atoms with E-state index in [1.54, 1.807) is 24.7 Å². The zero-order valence-electron chi connectivity index (χ0n) is 18.1. The van der Waals surface area contributed by atoms with Crippen molar-refractivity contribution in [3.63, 3.8) is 0 Å². The molecule has 1 heterocycles. The maximum Gasteiger partial charge on any atom is 0.269 e. The molecule has 0 aliphatic heterocycles. The van der Waals surface area contributed by atoms with Crippen LogP contribution in [-0.4, -0.2) is 38.5 Å². The van der Waals surface area contributed by atoms with E-state index >= 15 is 0 Å². The van der Waals surface area contributed by atoms with Gasteiger partial charge in [0.15, 0.2) is 17.1 Å². The van der Waals surface area contributed by atoms with E-state index in [-0.39, 0.29) is 23.5 Å². The molecule has 168 valence electrons. The first-order valence-corrected chi connectivity index (χ1v) is 10.6. The summed E-state index contributed by atoms with van der Waals surface area (Å²) in [6.45, 7) is 3.57. The average Bonchev–Trinajstić information content (AvgIpc) is 3.14. The summed E-state index contributed by atoms with van der Waals surface area (Å²) in [4.78, 5) is 22.7.